The summed E-state index contributed by atoms with van der Waals surface area (Å²) in [6.07, 6.45) is 1.08. The number of amides is 1. The van der Waals surface area contributed by atoms with E-state index >= 15 is 0 Å². The molecule has 0 saturated carbocycles. The average molecular weight is 262 g/mol. The molecule has 0 aliphatic rings. The molecule has 0 aromatic heterocycles. The Labute approximate surface area is 110 Å². The van der Waals surface area contributed by atoms with Crippen LogP contribution in [0.15, 0.2) is 34.2 Å². The van der Waals surface area contributed by atoms with Crippen LogP contribution in [0.25, 0.3) is 0 Å². The summed E-state index contributed by atoms with van der Waals surface area (Å²) in [5.41, 5.74) is 0.469. The molecule has 0 saturated heterocycles. The van der Waals surface area contributed by atoms with E-state index in [1.165, 1.54) is 0 Å². The molecule has 1 aromatic carbocycles. The standard InChI is InChI=1S/C13H18N2O2Si/c1-4-9-18-15-14-13(16)11-7-5-6-8-12(11)17-10(2)3/h5-8,10H,4,9H2,1-3H3. The van der Waals surface area contributed by atoms with Crippen molar-refractivity contribution in [1.82, 2.24) is 0 Å². The lowest BCUT2D eigenvalue weighted by Crippen LogP contribution is -2.09. The predicted molar refractivity (Wildman–Crippen MR) is 72.2 cm³/mol. The lowest BCUT2D eigenvalue weighted by molar-refractivity contribution is 0.0990. The molecule has 2 radical (unpaired) electrons. The molecule has 0 N–H and O–H groups in total. The highest BCUT2D eigenvalue weighted by molar-refractivity contribution is 6.32. The number of carbonyl (C=O) groups is 1. The van der Waals surface area contributed by atoms with Crippen LogP contribution in [0.5, 0.6) is 5.75 Å². The van der Waals surface area contributed by atoms with Gasteiger partial charge < -0.3 is 4.74 Å². The molecule has 96 valence electrons. The van der Waals surface area contributed by atoms with E-state index < -0.39 is 0 Å². The quantitative estimate of drug-likeness (QED) is 0.447. The topological polar surface area (TPSA) is 51.0 Å². The van der Waals surface area contributed by atoms with Gasteiger partial charge in [0.2, 0.25) is 9.68 Å². The van der Waals surface area contributed by atoms with Crippen molar-refractivity contribution in [3.63, 3.8) is 0 Å². The van der Waals surface area contributed by atoms with Gasteiger partial charge in [0.05, 0.1) is 11.7 Å². The van der Waals surface area contributed by atoms with Crippen molar-refractivity contribution in [2.24, 2.45) is 9.89 Å². The average Bonchev–Trinajstić information content (AvgIpc) is 2.34. The zero-order chi connectivity index (χ0) is 13.4. The van der Waals surface area contributed by atoms with Gasteiger partial charge in [0.1, 0.15) is 5.75 Å². The fraction of sp³-hybridized carbons (Fsp3) is 0.462. The molecule has 1 rings (SSSR count). The first-order valence-corrected chi connectivity index (χ1v) is 7.24. The van der Waals surface area contributed by atoms with E-state index in [0.29, 0.717) is 21.0 Å². The molecule has 0 heterocycles. The van der Waals surface area contributed by atoms with Crippen LogP contribution in [-0.2, 0) is 0 Å². The fourth-order valence-corrected chi connectivity index (χ4v) is 1.78. The van der Waals surface area contributed by atoms with Gasteiger partial charge >= 0.3 is 0 Å². The lowest BCUT2D eigenvalue weighted by Gasteiger charge is -2.11. The first kappa shape index (κ1) is 14.6. The summed E-state index contributed by atoms with van der Waals surface area (Å²) in [7, 11) is 0.359. The lowest BCUT2D eigenvalue weighted by atomic mass is 10.2. The number of para-hydroxylation sites is 1. The van der Waals surface area contributed by atoms with Crippen molar-refractivity contribution in [2.45, 2.75) is 39.3 Å². The maximum atomic E-state index is 11.9. The van der Waals surface area contributed by atoms with Gasteiger partial charge in [-0.3, -0.25) is 4.79 Å². The third-order valence-electron chi connectivity index (χ3n) is 2.05. The SMILES string of the molecule is CCC[Si]N=NC(=O)c1ccccc1OC(C)C. The molecular formula is C13H18N2O2Si. The van der Waals surface area contributed by atoms with Gasteiger partial charge in [-0.25, -0.2) is 4.78 Å². The number of hydrogen-bond acceptors (Lipinski definition) is 3. The predicted octanol–water partition coefficient (Wildman–Crippen LogP) is 3.51. The zero-order valence-electron chi connectivity index (χ0n) is 11.0. The third-order valence-corrected chi connectivity index (χ3v) is 3.02. The van der Waals surface area contributed by atoms with E-state index in [1.54, 1.807) is 18.2 Å². The summed E-state index contributed by atoms with van der Waals surface area (Å²) in [6.45, 7) is 5.92. The van der Waals surface area contributed by atoms with Crippen molar-refractivity contribution in [3.05, 3.63) is 29.8 Å². The van der Waals surface area contributed by atoms with Crippen LogP contribution in [0.4, 0.5) is 0 Å². The summed E-state index contributed by atoms with van der Waals surface area (Å²) in [4.78, 5) is 11.9. The van der Waals surface area contributed by atoms with E-state index in [-0.39, 0.29) is 12.0 Å². The van der Waals surface area contributed by atoms with E-state index in [4.69, 9.17) is 4.74 Å². The minimum atomic E-state index is -0.338. The van der Waals surface area contributed by atoms with Crippen molar-refractivity contribution in [3.8, 4) is 5.75 Å². The molecule has 1 aromatic rings. The fourth-order valence-electron chi connectivity index (χ4n) is 1.30. The molecule has 0 fully saturated rings. The Bertz CT molecular complexity index is 419. The largest absolute Gasteiger partial charge is 0.490 e. The first-order valence-electron chi connectivity index (χ1n) is 6.08. The van der Waals surface area contributed by atoms with Crippen molar-refractivity contribution in [2.75, 3.05) is 0 Å². The van der Waals surface area contributed by atoms with Crippen molar-refractivity contribution in [1.29, 1.82) is 0 Å². The molecule has 0 aliphatic heterocycles. The van der Waals surface area contributed by atoms with E-state index in [2.05, 4.69) is 16.8 Å². The van der Waals surface area contributed by atoms with Gasteiger partial charge in [-0.1, -0.05) is 25.5 Å². The summed E-state index contributed by atoms with van der Waals surface area (Å²) >= 11 is 0. The number of hydrogen-bond donors (Lipinski definition) is 0. The molecule has 0 aliphatic carbocycles. The molecule has 18 heavy (non-hydrogen) atoms. The molecular weight excluding hydrogens is 244 g/mol. The minimum absolute atomic E-state index is 0.0258. The second kappa shape index (κ2) is 7.76. The van der Waals surface area contributed by atoms with Gasteiger partial charge in [-0.15, -0.1) is 5.11 Å². The van der Waals surface area contributed by atoms with Crippen LogP contribution in [0.2, 0.25) is 6.04 Å². The van der Waals surface area contributed by atoms with Crippen LogP contribution in [0, 0.1) is 0 Å². The van der Waals surface area contributed by atoms with Gasteiger partial charge in [0.25, 0.3) is 5.91 Å². The molecule has 0 atom stereocenters. The van der Waals surface area contributed by atoms with Crippen LogP contribution in [0.3, 0.4) is 0 Å². The number of nitrogens with zero attached hydrogens (tertiary/aromatic N) is 2. The smallest absolute Gasteiger partial charge is 0.297 e. The Kier molecular flexibility index (Phi) is 6.28. The number of ether oxygens (including phenoxy) is 1. The van der Waals surface area contributed by atoms with E-state index in [0.717, 1.165) is 12.5 Å². The molecule has 4 nitrogen and oxygen atoms in total. The Morgan fingerprint density at radius 2 is 2.11 bits per heavy atom. The zero-order valence-corrected chi connectivity index (χ0v) is 12.0. The Morgan fingerprint density at radius 1 is 1.39 bits per heavy atom. The Morgan fingerprint density at radius 3 is 2.78 bits per heavy atom. The molecule has 5 heteroatoms. The maximum Gasteiger partial charge on any atom is 0.297 e. The monoisotopic (exact) mass is 262 g/mol. The first-order chi connectivity index (χ1) is 8.65. The van der Waals surface area contributed by atoms with Gasteiger partial charge in [0, 0.05) is 0 Å². The highest BCUT2D eigenvalue weighted by atomic mass is 28.2. The van der Waals surface area contributed by atoms with Gasteiger partial charge in [-0.05, 0) is 32.0 Å². The Balaban J connectivity index is 2.75. The molecule has 0 bridgehead atoms. The summed E-state index contributed by atoms with van der Waals surface area (Å²) in [6, 6.07) is 8.09. The Hall–Kier alpha value is -1.49. The third kappa shape index (κ3) is 4.79. The van der Waals surface area contributed by atoms with E-state index in [1.807, 2.05) is 19.9 Å². The molecule has 0 unspecified atom stereocenters. The van der Waals surface area contributed by atoms with Crippen LogP contribution >= 0.6 is 0 Å². The minimum Gasteiger partial charge on any atom is -0.490 e. The van der Waals surface area contributed by atoms with Crippen LogP contribution < -0.4 is 4.74 Å². The van der Waals surface area contributed by atoms with Crippen LogP contribution in [0.1, 0.15) is 37.6 Å². The van der Waals surface area contributed by atoms with Gasteiger partial charge in [0.15, 0.2) is 0 Å². The number of rotatable bonds is 6. The highest BCUT2D eigenvalue weighted by Crippen LogP contribution is 2.20. The van der Waals surface area contributed by atoms with Crippen molar-refractivity contribution < 1.29 is 9.53 Å². The maximum absolute atomic E-state index is 11.9. The molecule has 0 spiro atoms. The molecule has 1 amide bonds. The second-order valence-electron chi connectivity index (χ2n) is 4.08. The highest BCUT2D eigenvalue weighted by Gasteiger charge is 2.12. The van der Waals surface area contributed by atoms with Crippen LogP contribution in [-0.4, -0.2) is 21.7 Å². The summed E-state index contributed by atoms with van der Waals surface area (Å²) in [5.74, 6) is 0.227. The summed E-state index contributed by atoms with van der Waals surface area (Å²) < 4.78 is 9.48. The van der Waals surface area contributed by atoms with Crippen molar-refractivity contribution >= 4 is 15.6 Å². The summed E-state index contributed by atoms with van der Waals surface area (Å²) in [5, 5.41) is 3.72. The second-order valence-corrected chi connectivity index (χ2v) is 5.09. The normalized spacial score (nSPS) is 11.1. The van der Waals surface area contributed by atoms with E-state index in [9.17, 15) is 4.79 Å². The number of benzene rings is 1. The van der Waals surface area contributed by atoms with Gasteiger partial charge in [-0.2, -0.15) is 0 Å². The number of carbonyl (C=O) groups excluding carboxylic acids is 1.